The summed E-state index contributed by atoms with van der Waals surface area (Å²) in [5, 5.41) is 0. The summed E-state index contributed by atoms with van der Waals surface area (Å²) in [7, 11) is 0. The summed E-state index contributed by atoms with van der Waals surface area (Å²) in [6.07, 6.45) is 13.6. The Bertz CT molecular complexity index is 823. The summed E-state index contributed by atoms with van der Waals surface area (Å²) in [5.74, 6) is 6.29. The molecule has 0 saturated heterocycles. The average molecular weight is 352 g/mol. The van der Waals surface area contributed by atoms with E-state index in [0.717, 1.165) is 36.5 Å². The second kappa shape index (κ2) is 8.71. The van der Waals surface area contributed by atoms with E-state index in [0.29, 0.717) is 17.3 Å². The molecule has 134 valence electrons. The van der Waals surface area contributed by atoms with Crippen LogP contribution in [0.2, 0.25) is 0 Å². The largest absolute Gasteiger partial charge is 0.235 e. The van der Waals surface area contributed by atoms with Crippen molar-refractivity contribution in [1.82, 2.24) is 9.97 Å². The summed E-state index contributed by atoms with van der Waals surface area (Å²) in [6, 6.07) is 3.64. The molecule has 0 aliphatic heterocycles. The Balaban J connectivity index is 1.60. The molecule has 2 aromatic rings. The summed E-state index contributed by atoms with van der Waals surface area (Å²) in [4.78, 5) is 8.44. The minimum Gasteiger partial charge on any atom is -0.235 e. The Hall–Kier alpha value is -2.54. The lowest BCUT2D eigenvalue weighted by molar-refractivity contribution is 0.319. The van der Waals surface area contributed by atoms with Crippen LogP contribution in [-0.2, 0) is 0 Å². The van der Waals surface area contributed by atoms with Crippen LogP contribution in [0.5, 0.6) is 0 Å². The first-order valence-corrected chi connectivity index (χ1v) is 9.06. The van der Waals surface area contributed by atoms with Crippen molar-refractivity contribution in [3.05, 3.63) is 59.9 Å². The zero-order valence-corrected chi connectivity index (χ0v) is 14.9. The van der Waals surface area contributed by atoms with Crippen molar-refractivity contribution in [3.8, 4) is 23.2 Å². The molecule has 1 aromatic carbocycles. The highest BCUT2D eigenvalue weighted by molar-refractivity contribution is 5.55. The summed E-state index contributed by atoms with van der Waals surface area (Å²) in [5.41, 5.74) is 1.19. The monoisotopic (exact) mass is 352 g/mol. The van der Waals surface area contributed by atoms with E-state index in [2.05, 4.69) is 40.9 Å². The number of halogens is 2. The van der Waals surface area contributed by atoms with Gasteiger partial charge in [-0.15, -0.1) is 0 Å². The van der Waals surface area contributed by atoms with E-state index in [1.54, 1.807) is 12.4 Å². The molecule has 3 rings (SSSR count). The van der Waals surface area contributed by atoms with Gasteiger partial charge in [0.25, 0.3) is 0 Å². The van der Waals surface area contributed by atoms with Gasteiger partial charge in [0.1, 0.15) is 0 Å². The molecule has 2 nitrogen and oxygen atoms in total. The molecule has 1 aliphatic rings. The molecule has 0 amide bonds. The fraction of sp³-hybridized carbons (Fsp3) is 0.364. The first-order chi connectivity index (χ1) is 12.7. The predicted octanol–water partition coefficient (Wildman–Crippen LogP) is 5.55. The SMILES string of the molecule is C/C=C/CC1CCC(C#Cc2cnc(-c3ccc(F)c(F)c3)nc2)CC1. The fourth-order valence-corrected chi connectivity index (χ4v) is 3.23. The van der Waals surface area contributed by atoms with Gasteiger partial charge in [-0.1, -0.05) is 24.0 Å². The second-order valence-corrected chi connectivity index (χ2v) is 6.72. The molecular weight excluding hydrogens is 330 g/mol. The molecule has 1 saturated carbocycles. The van der Waals surface area contributed by atoms with Crippen LogP contribution in [-0.4, -0.2) is 9.97 Å². The summed E-state index contributed by atoms with van der Waals surface area (Å²) < 4.78 is 26.3. The number of rotatable bonds is 3. The summed E-state index contributed by atoms with van der Waals surface area (Å²) >= 11 is 0. The van der Waals surface area contributed by atoms with Crippen molar-refractivity contribution in [2.75, 3.05) is 0 Å². The topological polar surface area (TPSA) is 25.8 Å². The van der Waals surface area contributed by atoms with Crippen LogP contribution in [0.3, 0.4) is 0 Å². The quantitative estimate of drug-likeness (QED) is 0.535. The Morgan fingerprint density at radius 3 is 2.46 bits per heavy atom. The lowest BCUT2D eigenvalue weighted by Crippen LogP contribution is -2.12. The molecule has 1 aliphatic carbocycles. The van der Waals surface area contributed by atoms with Gasteiger partial charge in [-0.2, -0.15) is 0 Å². The van der Waals surface area contributed by atoms with Crippen molar-refractivity contribution < 1.29 is 8.78 Å². The molecule has 26 heavy (non-hydrogen) atoms. The van der Waals surface area contributed by atoms with Gasteiger partial charge in [0.05, 0.1) is 5.56 Å². The lowest BCUT2D eigenvalue weighted by atomic mass is 9.81. The zero-order valence-electron chi connectivity index (χ0n) is 14.9. The van der Waals surface area contributed by atoms with Crippen LogP contribution in [0, 0.1) is 35.3 Å². The van der Waals surface area contributed by atoms with E-state index in [9.17, 15) is 8.78 Å². The van der Waals surface area contributed by atoms with Crippen LogP contribution in [0.25, 0.3) is 11.4 Å². The Labute approximate surface area is 153 Å². The molecule has 1 aromatic heterocycles. The second-order valence-electron chi connectivity index (χ2n) is 6.72. The van der Waals surface area contributed by atoms with Gasteiger partial charge in [0.15, 0.2) is 17.5 Å². The van der Waals surface area contributed by atoms with Crippen LogP contribution >= 0.6 is 0 Å². The standard InChI is InChI=1S/C22H22F2N2/c1-2-3-4-16-5-7-17(8-6-16)9-10-18-14-25-22(26-15-18)19-11-12-20(23)21(24)13-19/h2-3,11-17H,4-8H2,1H3/b3-2+. The maximum Gasteiger partial charge on any atom is 0.159 e. The molecule has 0 radical (unpaired) electrons. The van der Waals surface area contributed by atoms with Crippen LogP contribution < -0.4 is 0 Å². The molecule has 0 bridgehead atoms. The first kappa shape index (κ1) is 18.3. The molecule has 1 fully saturated rings. The third-order valence-corrected chi connectivity index (χ3v) is 4.80. The Morgan fingerprint density at radius 1 is 1.08 bits per heavy atom. The maximum absolute atomic E-state index is 13.3. The first-order valence-electron chi connectivity index (χ1n) is 9.06. The molecule has 4 heteroatoms. The number of allylic oxidation sites excluding steroid dienone is 2. The number of nitrogens with zero attached hydrogens (tertiary/aromatic N) is 2. The number of hydrogen-bond acceptors (Lipinski definition) is 2. The molecule has 1 heterocycles. The van der Waals surface area contributed by atoms with Gasteiger partial charge >= 0.3 is 0 Å². The third-order valence-electron chi connectivity index (χ3n) is 4.80. The Kier molecular flexibility index (Phi) is 6.12. The van der Waals surface area contributed by atoms with Gasteiger partial charge in [0.2, 0.25) is 0 Å². The van der Waals surface area contributed by atoms with Crippen molar-refractivity contribution in [2.45, 2.75) is 39.0 Å². The highest BCUT2D eigenvalue weighted by Crippen LogP contribution is 2.30. The Morgan fingerprint density at radius 2 is 1.81 bits per heavy atom. The predicted molar refractivity (Wildman–Crippen MR) is 99.1 cm³/mol. The molecular formula is C22H22F2N2. The van der Waals surface area contributed by atoms with E-state index in [1.165, 1.54) is 25.3 Å². The minimum atomic E-state index is -0.903. The number of benzene rings is 1. The zero-order chi connectivity index (χ0) is 18.4. The van der Waals surface area contributed by atoms with Crippen LogP contribution in [0.4, 0.5) is 8.78 Å². The van der Waals surface area contributed by atoms with E-state index in [1.807, 2.05) is 0 Å². The van der Waals surface area contributed by atoms with E-state index >= 15 is 0 Å². The molecule has 0 atom stereocenters. The van der Waals surface area contributed by atoms with E-state index in [-0.39, 0.29) is 0 Å². The van der Waals surface area contributed by atoms with Crippen LogP contribution in [0.15, 0.2) is 42.7 Å². The molecule has 0 unspecified atom stereocenters. The normalized spacial score (nSPS) is 20.0. The minimum absolute atomic E-state index is 0.360. The van der Waals surface area contributed by atoms with Gasteiger partial charge in [-0.3, -0.25) is 0 Å². The maximum atomic E-state index is 13.3. The van der Waals surface area contributed by atoms with Gasteiger partial charge in [-0.05, 0) is 63.1 Å². The van der Waals surface area contributed by atoms with E-state index < -0.39 is 11.6 Å². The third kappa shape index (κ3) is 4.76. The molecule has 0 N–H and O–H groups in total. The van der Waals surface area contributed by atoms with E-state index in [4.69, 9.17) is 0 Å². The highest BCUT2D eigenvalue weighted by atomic mass is 19.2. The number of hydrogen-bond donors (Lipinski definition) is 0. The van der Waals surface area contributed by atoms with Crippen molar-refractivity contribution in [1.29, 1.82) is 0 Å². The molecule has 0 spiro atoms. The van der Waals surface area contributed by atoms with Gasteiger partial charge in [-0.25, -0.2) is 18.7 Å². The fourth-order valence-electron chi connectivity index (χ4n) is 3.23. The summed E-state index contributed by atoms with van der Waals surface area (Å²) in [6.45, 7) is 2.07. The lowest BCUT2D eigenvalue weighted by Gasteiger charge is -2.24. The van der Waals surface area contributed by atoms with Crippen molar-refractivity contribution in [3.63, 3.8) is 0 Å². The van der Waals surface area contributed by atoms with Crippen molar-refractivity contribution in [2.24, 2.45) is 11.8 Å². The smallest absolute Gasteiger partial charge is 0.159 e. The number of aromatic nitrogens is 2. The average Bonchev–Trinajstić information content (AvgIpc) is 2.68. The van der Waals surface area contributed by atoms with Gasteiger partial charge < -0.3 is 0 Å². The van der Waals surface area contributed by atoms with Crippen LogP contribution in [0.1, 0.15) is 44.6 Å². The van der Waals surface area contributed by atoms with Crippen molar-refractivity contribution >= 4 is 0 Å². The highest BCUT2D eigenvalue weighted by Gasteiger charge is 2.18. The van der Waals surface area contributed by atoms with Gasteiger partial charge in [0, 0.05) is 23.9 Å².